The molecule has 0 saturated carbocycles. The molecule has 0 spiro atoms. The highest BCUT2D eigenvalue weighted by molar-refractivity contribution is 6.40. The zero-order valence-electron chi connectivity index (χ0n) is 20.9. The summed E-state index contributed by atoms with van der Waals surface area (Å²) >= 11 is 12.5. The summed E-state index contributed by atoms with van der Waals surface area (Å²) in [4.78, 5) is 51.7. The monoisotopic (exact) mass is 567 g/mol. The third-order valence-corrected chi connectivity index (χ3v) is 6.08. The maximum atomic E-state index is 13.3. The maximum Gasteiger partial charge on any atom is 0.335 e. The lowest BCUT2D eigenvalue weighted by Gasteiger charge is -2.27. The first-order valence-electron chi connectivity index (χ1n) is 11.8. The van der Waals surface area contributed by atoms with Crippen LogP contribution in [0.15, 0.2) is 66.2 Å². The molecule has 1 fully saturated rings. The fraction of sp³-hybridized carbons (Fsp3) is 0.143. The van der Waals surface area contributed by atoms with Crippen LogP contribution in [0, 0.1) is 6.92 Å². The lowest BCUT2D eigenvalue weighted by Crippen LogP contribution is -2.54. The predicted molar refractivity (Wildman–Crippen MR) is 148 cm³/mol. The van der Waals surface area contributed by atoms with Crippen LogP contribution in [0.4, 0.5) is 16.2 Å². The third kappa shape index (κ3) is 6.39. The molecule has 0 atom stereocenters. The molecule has 1 saturated heterocycles. The van der Waals surface area contributed by atoms with E-state index in [2.05, 4.69) is 10.6 Å². The van der Waals surface area contributed by atoms with E-state index in [9.17, 15) is 19.2 Å². The summed E-state index contributed by atoms with van der Waals surface area (Å²) in [5.74, 6) is -1.79. The zero-order valence-corrected chi connectivity index (χ0v) is 22.4. The Bertz CT molecular complexity index is 1490. The quantitative estimate of drug-likeness (QED) is 0.279. The summed E-state index contributed by atoms with van der Waals surface area (Å²) in [5, 5.41) is 5.29. The number of nitrogens with zero attached hydrogens (tertiary/aromatic N) is 1. The topological polar surface area (TPSA) is 114 Å². The summed E-state index contributed by atoms with van der Waals surface area (Å²) in [6, 6.07) is 15.7. The third-order valence-electron chi connectivity index (χ3n) is 5.56. The number of carbonyl (C=O) groups excluding carboxylic acids is 4. The van der Waals surface area contributed by atoms with Crippen LogP contribution >= 0.6 is 23.2 Å². The number of benzene rings is 3. The van der Waals surface area contributed by atoms with Gasteiger partial charge in [0.1, 0.15) is 5.57 Å². The van der Waals surface area contributed by atoms with Crippen molar-refractivity contribution in [3.8, 4) is 11.5 Å². The number of para-hydroxylation sites is 1. The Morgan fingerprint density at radius 3 is 2.49 bits per heavy atom. The van der Waals surface area contributed by atoms with Gasteiger partial charge in [-0.2, -0.15) is 0 Å². The van der Waals surface area contributed by atoms with Crippen LogP contribution in [0.3, 0.4) is 0 Å². The van der Waals surface area contributed by atoms with Gasteiger partial charge in [-0.3, -0.25) is 19.7 Å². The molecular formula is C28H23Cl2N3O6. The second-order valence-electron chi connectivity index (χ2n) is 8.35. The van der Waals surface area contributed by atoms with Crippen molar-refractivity contribution in [2.45, 2.75) is 13.8 Å². The minimum Gasteiger partial charge on any atom is -0.490 e. The SMILES string of the molecule is CCOc1cc(/C=C2\C(=O)NC(=O)N(c3cc(Cl)ccc3C)C2=O)cc(Cl)c1OCC(=O)Nc1ccccc1. The largest absolute Gasteiger partial charge is 0.490 e. The van der Waals surface area contributed by atoms with Gasteiger partial charge < -0.3 is 14.8 Å². The van der Waals surface area contributed by atoms with E-state index >= 15 is 0 Å². The lowest BCUT2D eigenvalue weighted by atomic mass is 10.1. The van der Waals surface area contributed by atoms with E-state index in [0.717, 1.165) is 4.90 Å². The first kappa shape index (κ1) is 27.7. The Hall–Kier alpha value is -4.34. The number of rotatable bonds is 8. The van der Waals surface area contributed by atoms with E-state index in [1.165, 1.54) is 24.3 Å². The molecule has 5 amide bonds. The first-order chi connectivity index (χ1) is 18.7. The van der Waals surface area contributed by atoms with Crippen molar-refractivity contribution in [3.05, 3.63) is 87.4 Å². The Morgan fingerprint density at radius 1 is 1.03 bits per heavy atom. The Labute approximate surface area is 234 Å². The fourth-order valence-electron chi connectivity index (χ4n) is 3.80. The van der Waals surface area contributed by atoms with Gasteiger partial charge >= 0.3 is 6.03 Å². The Kier molecular flexibility index (Phi) is 8.53. The molecule has 0 radical (unpaired) electrons. The zero-order chi connectivity index (χ0) is 28.1. The Balaban J connectivity index is 1.61. The molecule has 0 unspecified atom stereocenters. The van der Waals surface area contributed by atoms with Crippen LogP contribution in [0.1, 0.15) is 18.1 Å². The summed E-state index contributed by atoms with van der Waals surface area (Å²) in [6.45, 7) is 3.36. The second-order valence-corrected chi connectivity index (χ2v) is 9.20. The molecule has 11 heteroatoms. The van der Waals surface area contributed by atoms with Crippen molar-refractivity contribution in [2.24, 2.45) is 0 Å². The number of ether oxygens (including phenoxy) is 2. The molecule has 9 nitrogen and oxygen atoms in total. The molecule has 0 aromatic heterocycles. The van der Waals surface area contributed by atoms with Gasteiger partial charge in [0, 0.05) is 10.7 Å². The fourth-order valence-corrected chi connectivity index (χ4v) is 4.24. The molecule has 1 heterocycles. The van der Waals surface area contributed by atoms with E-state index in [4.69, 9.17) is 32.7 Å². The van der Waals surface area contributed by atoms with Crippen molar-refractivity contribution < 1.29 is 28.7 Å². The van der Waals surface area contributed by atoms with Gasteiger partial charge in [-0.05, 0) is 67.4 Å². The molecule has 1 aliphatic rings. The van der Waals surface area contributed by atoms with Crippen molar-refractivity contribution in [2.75, 3.05) is 23.4 Å². The molecule has 3 aromatic carbocycles. The van der Waals surface area contributed by atoms with Crippen molar-refractivity contribution in [1.82, 2.24) is 5.32 Å². The second kappa shape index (κ2) is 12.0. The average Bonchev–Trinajstić information content (AvgIpc) is 2.89. The maximum absolute atomic E-state index is 13.3. The molecule has 4 rings (SSSR count). The number of hydrogen-bond acceptors (Lipinski definition) is 6. The number of carbonyl (C=O) groups is 4. The van der Waals surface area contributed by atoms with Crippen molar-refractivity contribution in [3.63, 3.8) is 0 Å². The highest BCUT2D eigenvalue weighted by Gasteiger charge is 2.37. The molecule has 0 aliphatic carbocycles. The van der Waals surface area contributed by atoms with Crippen molar-refractivity contribution in [1.29, 1.82) is 0 Å². The summed E-state index contributed by atoms with van der Waals surface area (Å²) in [5.41, 5.74) is 1.49. The molecule has 200 valence electrons. The van der Waals surface area contributed by atoms with Crippen molar-refractivity contribution >= 4 is 64.4 Å². The molecule has 1 aliphatic heterocycles. The smallest absolute Gasteiger partial charge is 0.335 e. The van der Waals surface area contributed by atoms with Crippen LogP contribution in [0.5, 0.6) is 11.5 Å². The number of anilines is 2. The van der Waals surface area contributed by atoms with Gasteiger partial charge in [-0.15, -0.1) is 0 Å². The number of hydrogen-bond donors (Lipinski definition) is 2. The van der Waals surface area contributed by atoms with Gasteiger partial charge in [0.2, 0.25) is 0 Å². The number of amides is 5. The standard InChI is InChI=1S/C28H23Cl2N3O6/c1-3-38-23-13-17(12-21(30)25(23)39-15-24(34)31-19-7-5-4-6-8-19)11-20-26(35)32-28(37)33(27(20)36)22-14-18(29)10-9-16(22)2/h4-14H,3,15H2,1-2H3,(H,31,34)(H,32,35,37)/b20-11+. The van der Waals surface area contributed by atoms with Crippen LogP contribution in [0.2, 0.25) is 10.0 Å². The number of halogens is 2. The normalized spacial score (nSPS) is 14.3. The number of urea groups is 1. The average molecular weight is 568 g/mol. The number of aryl methyl sites for hydroxylation is 1. The van der Waals surface area contributed by atoms with Crippen LogP contribution in [-0.2, 0) is 14.4 Å². The number of imide groups is 2. The van der Waals surface area contributed by atoms with Gasteiger partial charge in [0.05, 0.1) is 17.3 Å². The van der Waals surface area contributed by atoms with E-state index in [0.29, 0.717) is 21.8 Å². The molecular weight excluding hydrogens is 545 g/mol. The number of barbiturate groups is 1. The predicted octanol–water partition coefficient (Wildman–Crippen LogP) is 5.38. The van der Waals surface area contributed by atoms with Gasteiger partial charge in [0.15, 0.2) is 18.1 Å². The first-order valence-corrected chi connectivity index (χ1v) is 12.5. The van der Waals surface area contributed by atoms with Gasteiger partial charge in [0.25, 0.3) is 17.7 Å². The molecule has 2 N–H and O–H groups in total. The van der Waals surface area contributed by atoms with E-state index < -0.39 is 23.8 Å². The summed E-state index contributed by atoms with van der Waals surface area (Å²) in [7, 11) is 0. The molecule has 0 bridgehead atoms. The van der Waals surface area contributed by atoms with Gasteiger partial charge in [-0.25, -0.2) is 9.69 Å². The van der Waals surface area contributed by atoms with E-state index in [-0.39, 0.29) is 41.0 Å². The summed E-state index contributed by atoms with van der Waals surface area (Å²) in [6.07, 6.45) is 1.29. The highest BCUT2D eigenvalue weighted by atomic mass is 35.5. The lowest BCUT2D eigenvalue weighted by molar-refractivity contribution is -0.122. The minimum absolute atomic E-state index is 0.0857. The summed E-state index contributed by atoms with van der Waals surface area (Å²) < 4.78 is 11.3. The van der Waals surface area contributed by atoms with Crippen LogP contribution in [-0.4, -0.2) is 37.0 Å². The molecule has 39 heavy (non-hydrogen) atoms. The van der Waals surface area contributed by atoms with E-state index in [1.807, 2.05) is 6.07 Å². The van der Waals surface area contributed by atoms with E-state index in [1.54, 1.807) is 50.2 Å². The highest BCUT2D eigenvalue weighted by Crippen LogP contribution is 2.38. The Morgan fingerprint density at radius 2 is 1.77 bits per heavy atom. The van der Waals surface area contributed by atoms with Crippen LogP contribution in [0.25, 0.3) is 6.08 Å². The minimum atomic E-state index is -0.891. The van der Waals surface area contributed by atoms with Crippen LogP contribution < -0.4 is 25.0 Å². The van der Waals surface area contributed by atoms with Gasteiger partial charge in [-0.1, -0.05) is 47.5 Å². The number of nitrogens with one attached hydrogen (secondary N) is 2. The molecule has 3 aromatic rings.